The van der Waals surface area contributed by atoms with Gasteiger partial charge in [0.05, 0.1) is 12.0 Å². The van der Waals surface area contributed by atoms with Gasteiger partial charge in [-0.1, -0.05) is 81.4 Å². The van der Waals surface area contributed by atoms with Gasteiger partial charge in [-0.3, -0.25) is 4.79 Å². The highest BCUT2D eigenvalue weighted by molar-refractivity contribution is 6.99. The number of carboxylic acid groups (broad SMARTS) is 1. The van der Waals surface area contributed by atoms with Crippen LogP contribution in [0.5, 0.6) is 0 Å². The highest BCUT2D eigenvalue weighted by atomic mass is 28.4. The maximum Gasteiger partial charge on any atom is 0.306 e. The van der Waals surface area contributed by atoms with Crippen LogP contribution in [0.2, 0.25) is 5.04 Å². The number of benzene rings is 2. The standard InChI is InChI=1S/C23H30O4Si/c1-23(2,3)28(17-10-6-4-7-11-17,18-12-8-5-9-13-18)27-21(14-15-24)19-16-20(19)22(25)26/h4-13,19-21,24H,14-16H2,1-3H3,(H,25,26). The largest absolute Gasteiger partial charge is 0.481 e. The highest BCUT2D eigenvalue weighted by Gasteiger charge is 2.55. The Morgan fingerprint density at radius 3 is 1.93 bits per heavy atom. The van der Waals surface area contributed by atoms with Crippen molar-refractivity contribution in [1.82, 2.24) is 0 Å². The fourth-order valence-electron chi connectivity index (χ4n) is 4.32. The molecule has 0 radical (unpaired) electrons. The van der Waals surface area contributed by atoms with Gasteiger partial charge in [0.25, 0.3) is 8.32 Å². The molecule has 3 unspecified atom stereocenters. The molecule has 2 N–H and O–H groups in total. The van der Waals surface area contributed by atoms with Crippen LogP contribution in [0.15, 0.2) is 60.7 Å². The number of aliphatic carboxylic acids is 1. The molecule has 2 aromatic rings. The van der Waals surface area contributed by atoms with Crippen molar-refractivity contribution in [3.05, 3.63) is 60.7 Å². The van der Waals surface area contributed by atoms with E-state index in [1.807, 2.05) is 36.4 Å². The predicted octanol–water partition coefficient (Wildman–Crippen LogP) is 3.03. The predicted molar refractivity (Wildman–Crippen MR) is 113 cm³/mol. The molecule has 1 aliphatic carbocycles. The van der Waals surface area contributed by atoms with Gasteiger partial charge in [-0.25, -0.2) is 0 Å². The Morgan fingerprint density at radius 1 is 1.07 bits per heavy atom. The van der Waals surface area contributed by atoms with Gasteiger partial charge < -0.3 is 14.6 Å². The molecule has 150 valence electrons. The van der Waals surface area contributed by atoms with Crippen LogP contribution in [0.4, 0.5) is 0 Å². The highest BCUT2D eigenvalue weighted by Crippen LogP contribution is 2.47. The first-order valence-electron chi connectivity index (χ1n) is 9.94. The summed E-state index contributed by atoms with van der Waals surface area (Å²) >= 11 is 0. The smallest absolute Gasteiger partial charge is 0.306 e. The Kier molecular flexibility index (Phi) is 6.08. The molecule has 0 aliphatic heterocycles. The number of carbonyl (C=O) groups is 1. The monoisotopic (exact) mass is 398 g/mol. The second-order valence-electron chi connectivity index (χ2n) is 8.68. The van der Waals surface area contributed by atoms with E-state index in [2.05, 4.69) is 45.0 Å². The van der Waals surface area contributed by atoms with E-state index in [0.717, 1.165) is 0 Å². The Labute approximate surface area is 168 Å². The topological polar surface area (TPSA) is 66.8 Å². The fraction of sp³-hybridized carbons (Fsp3) is 0.435. The van der Waals surface area contributed by atoms with E-state index >= 15 is 0 Å². The number of rotatable bonds is 8. The van der Waals surface area contributed by atoms with Crippen LogP contribution in [-0.4, -0.2) is 37.2 Å². The molecule has 0 heterocycles. The summed E-state index contributed by atoms with van der Waals surface area (Å²) in [6.45, 7) is 6.61. The molecule has 2 aromatic carbocycles. The molecule has 0 spiro atoms. The quantitative estimate of drug-likeness (QED) is 0.671. The molecule has 0 bridgehead atoms. The van der Waals surface area contributed by atoms with Crippen LogP contribution in [0, 0.1) is 11.8 Å². The first kappa shape index (κ1) is 20.8. The zero-order chi connectivity index (χ0) is 20.4. The molecule has 3 rings (SSSR count). The summed E-state index contributed by atoms with van der Waals surface area (Å²) in [6.07, 6.45) is 0.814. The minimum absolute atomic E-state index is 0.00823. The van der Waals surface area contributed by atoms with Crippen molar-refractivity contribution in [3.8, 4) is 0 Å². The zero-order valence-electron chi connectivity index (χ0n) is 16.8. The third-order valence-corrected chi connectivity index (χ3v) is 10.9. The molecule has 5 heteroatoms. The first-order valence-corrected chi connectivity index (χ1v) is 11.8. The fourth-order valence-corrected chi connectivity index (χ4v) is 9.08. The van der Waals surface area contributed by atoms with Crippen LogP contribution in [-0.2, 0) is 9.22 Å². The Hall–Kier alpha value is -1.95. The van der Waals surface area contributed by atoms with E-state index in [1.54, 1.807) is 0 Å². The van der Waals surface area contributed by atoms with Crippen molar-refractivity contribution < 1.29 is 19.4 Å². The third kappa shape index (κ3) is 3.92. The summed E-state index contributed by atoms with van der Waals surface area (Å²) in [5.74, 6) is -1.17. The molecule has 1 aliphatic rings. The van der Waals surface area contributed by atoms with E-state index in [0.29, 0.717) is 12.8 Å². The molecule has 0 amide bonds. The lowest BCUT2D eigenvalue weighted by atomic mass is 10.1. The van der Waals surface area contributed by atoms with Crippen molar-refractivity contribution in [2.24, 2.45) is 11.8 Å². The van der Waals surface area contributed by atoms with Crippen molar-refractivity contribution in [2.75, 3.05) is 6.61 Å². The summed E-state index contributed by atoms with van der Waals surface area (Å²) in [6, 6.07) is 20.7. The summed E-state index contributed by atoms with van der Waals surface area (Å²) in [4.78, 5) is 11.5. The van der Waals surface area contributed by atoms with Gasteiger partial charge in [0.2, 0.25) is 0 Å². The van der Waals surface area contributed by atoms with Crippen LogP contribution < -0.4 is 10.4 Å². The third-order valence-electron chi connectivity index (χ3n) is 5.79. The van der Waals surface area contributed by atoms with Gasteiger partial charge in [0.1, 0.15) is 0 Å². The summed E-state index contributed by atoms with van der Waals surface area (Å²) in [5.41, 5.74) is 0. The van der Waals surface area contributed by atoms with E-state index in [9.17, 15) is 15.0 Å². The van der Waals surface area contributed by atoms with Gasteiger partial charge in [-0.05, 0) is 34.2 Å². The van der Waals surface area contributed by atoms with Gasteiger partial charge >= 0.3 is 5.97 Å². The van der Waals surface area contributed by atoms with E-state index in [1.165, 1.54) is 10.4 Å². The average molecular weight is 399 g/mol. The van der Waals surface area contributed by atoms with E-state index in [4.69, 9.17) is 4.43 Å². The molecular weight excluding hydrogens is 368 g/mol. The SMILES string of the molecule is CC(C)(C)[Si](OC(CCO)C1CC1C(=O)O)(c1ccccc1)c1ccccc1. The minimum Gasteiger partial charge on any atom is -0.481 e. The molecule has 1 saturated carbocycles. The Bertz CT molecular complexity index is 746. The second kappa shape index (κ2) is 8.19. The van der Waals surface area contributed by atoms with Crippen LogP contribution in [0.25, 0.3) is 0 Å². The van der Waals surface area contributed by atoms with Crippen LogP contribution in [0.1, 0.15) is 33.6 Å². The molecular formula is C23H30O4Si. The normalized spacial score (nSPS) is 20.6. The number of hydrogen-bond donors (Lipinski definition) is 2. The van der Waals surface area contributed by atoms with E-state index < -0.39 is 14.3 Å². The van der Waals surface area contributed by atoms with Crippen molar-refractivity contribution in [1.29, 1.82) is 0 Å². The number of carboxylic acids is 1. The van der Waals surface area contributed by atoms with Gasteiger partial charge in [-0.15, -0.1) is 0 Å². The Morgan fingerprint density at radius 2 is 1.57 bits per heavy atom. The lowest BCUT2D eigenvalue weighted by Crippen LogP contribution is -2.68. The molecule has 1 fully saturated rings. The zero-order valence-corrected chi connectivity index (χ0v) is 17.8. The lowest BCUT2D eigenvalue weighted by molar-refractivity contribution is -0.139. The van der Waals surface area contributed by atoms with Crippen molar-refractivity contribution in [3.63, 3.8) is 0 Å². The number of aliphatic hydroxyl groups excluding tert-OH is 1. The van der Waals surface area contributed by atoms with E-state index in [-0.39, 0.29) is 29.6 Å². The first-order chi connectivity index (χ1) is 13.3. The van der Waals surface area contributed by atoms with Gasteiger partial charge in [0.15, 0.2) is 0 Å². The molecule has 3 atom stereocenters. The van der Waals surface area contributed by atoms with Crippen molar-refractivity contribution >= 4 is 24.7 Å². The Balaban J connectivity index is 2.11. The number of hydrogen-bond acceptors (Lipinski definition) is 3. The molecule has 4 nitrogen and oxygen atoms in total. The average Bonchev–Trinajstić information content (AvgIpc) is 3.47. The summed E-state index contributed by atoms with van der Waals surface area (Å²) < 4.78 is 7.04. The van der Waals surface area contributed by atoms with Gasteiger partial charge in [0, 0.05) is 6.61 Å². The van der Waals surface area contributed by atoms with Crippen LogP contribution >= 0.6 is 0 Å². The van der Waals surface area contributed by atoms with Crippen LogP contribution in [0.3, 0.4) is 0 Å². The second-order valence-corrected chi connectivity index (χ2v) is 12.9. The molecule has 28 heavy (non-hydrogen) atoms. The summed E-state index contributed by atoms with van der Waals surface area (Å²) in [7, 11) is -2.74. The maximum absolute atomic E-state index is 11.5. The lowest BCUT2D eigenvalue weighted by Gasteiger charge is -2.45. The molecule has 0 aromatic heterocycles. The minimum atomic E-state index is -2.74. The maximum atomic E-state index is 11.5. The molecule has 0 saturated heterocycles. The van der Waals surface area contributed by atoms with Crippen molar-refractivity contribution in [2.45, 2.75) is 44.8 Å². The van der Waals surface area contributed by atoms with Gasteiger partial charge in [-0.2, -0.15) is 0 Å². The number of aliphatic hydroxyl groups is 1. The summed E-state index contributed by atoms with van der Waals surface area (Å²) in [5, 5.41) is 21.3.